The Labute approximate surface area is 335 Å². The first-order valence-corrected chi connectivity index (χ1v) is 20.2. The average Bonchev–Trinajstić information content (AvgIpc) is 3.83. The van der Waals surface area contributed by atoms with Crippen molar-refractivity contribution >= 4 is 70.4 Å². The molecule has 0 unspecified atom stereocenters. The van der Waals surface area contributed by atoms with Crippen molar-refractivity contribution in [2.45, 2.75) is 0 Å². The monoisotopic (exact) mass is 744 g/mol. The molecule has 0 saturated heterocycles. The average molecular weight is 745 g/mol. The van der Waals surface area contributed by atoms with Gasteiger partial charge in [0.1, 0.15) is 0 Å². The van der Waals surface area contributed by atoms with Gasteiger partial charge in [-0.2, -0.15) is 0 Å². The van der Waals surface area contributed by atoms with E-state index in [1.54, 1.807) is 0 Å². The molecule has 0 amide bonds. The highest BCUT2D eigenvalue weighted by atomic mass is 32.1. The summed E-state index contributed by atoms with van der Waals surface area (Å²) < 4.78 is 4.98. The quantitative estimate of drug-likeness (QED) is 0.158. The molecule has 0 aliphatic rings. The summed E-state index contributed by atoms with van der Waals surface area (Å²) in [6, 6.07) is 79.3. The predicted molar refractivity (Wildman–Crippen MR) is 245 cm³/mol. The molecular formula is C54H36N2S. The highest BCUT2D eigenvalue weighted by molar-refractivity contribution is 7.25. The van der Waals surface area contributed by atoms with Crippen molar-refractivity contribution in [1.29, 1.82) is 0 Å². The Bertz CT molecular complexity index is 3200. The summed E-state index contributed by atoms with van der Waals surface area (Å²) in [6.07, 6.45) is 0. The van der Waals surface area contributed by atoms with Crippen LogP contribution in [0.25, 0.3) is 81.0 Å². The van der Waals surface area contributed by atoms with E-state index in [0.29, 0.717) is 0 Å². The van der Waals surface area contributed by atoms with Crippen molar-refractivity contribution in [3.05, 3.63) is 218 Å². The van der Waals surface area contributed by atoms with E-state index in [1.165, 1.54) is 81.0 Å². The molecule has 0 bridgehead atoms. The molecule has 0 N–H and O–H groups in total. The van der Waals surface area contributed by atoms with Crippen LogP contribution in [0, 0.1) is 0 Å². The molecule has 9 aromatic carbocycles. The summed E-state index contributed by atoms with van der Waals surface area (Å²) in [5, 5.41) is 5.12. The van der Waals surface area contributed by atoms with Crippen LogP contribution in [0.2, 0.25) is 0 Å². The molecule has 0 aliphatic carbocycles. The van der Waals surface area contributed by atoms with Crippen LogP contribution < -0.4 is 4.90 Å². The Hall–Kier alpha value is -7.20. The standard InChI is InChI=1S/C54H36N2S/c1-3-11-37(12-4-1)39-23-28-44(29-24-39)55(46-32-34-54-50(36-46)48-16-8-10-18-53(48)57-54)45-30-25-40(26-31-45)38-19-21-41(22-20-38)42-27-33-52-49(35-42)47-15-7-9-17-51(47)56(52)43-13-5-2-6-14-43/h1-36H. The normalized spacial score (nSPS) is 11.5. The van der Waals surface area contributed by atoms with Gasteiger partial charge in [0, 0.05) is 53.7 Å². The lowest BCUT2D eigenvalue weighted by atomic mass is 9.98. The van der Waals surface area contributed by atoms with E-state index in [0.717, 1.165) is 17.1 Å². The van der Waals surface area contributed by atoms with Gasteiger partial charge in [-0.1, -0.05) is 140 Å². The summed E-state index contributed by atoms with van der Waals surface area (Å²) in [5.74, 6) is 0. The molecular weight excluding hydrogens is 709 g/mol. The van der Waals surface area contributed by atoms with Gasteiger partial charge in [0.05, 0.1) is 11.0 Å². The third kappa shape index (κ3) is 5.88. The van der Waals surface area contributed by atoms with Gasteiger partial charge in [0.2, 0.25) is 0 Å². The van der Waals surface area contributed by atoms with Gasteiger partial charge < -0.3 is 9.47 Å². The number of hydrogen-bond donors (Lipinski definition) is 0. The molecule has 0 aliphatic heterocycles. The number of anilines is 3. The first-order chi connectivity index (χ1) is 28.2. The van der Waals surface area contributed by atoms with Crippen LogP contribution in [0.15, 0.2) is 218 Å². The third-order valence-corrected chi connectivity index (χ3v) is 12.4. The van der Waals surface area contributed by atoms with Gasteiger partial charge in [-0.3, -0.25) is 0 Å². The molecule has 57 heavy (non-hydrogen) atoms. The van der Waals surface area contributed by atoms with Gasteiger partial charge in [-0.05, 0) is 112 Å². The molecule has 2 aromatic heterocycles. The van der Waals surface area contributed by atoms with E-state index >= 15 is 0 Å². The molecule has 0 atom stereocenters. The maximum Gasteiger partial charge on any atom is 0.0541 e. The fourth-order valence-corrected chi connectivity index (χ4v) is 9.49. The smallest absolute Gasteiger partial charge is 0.0541 e. The SMILES string of the molecule is c1ccc(-c2ccc(N(c3ccc(-c4ccc(-c5ccc6c(c5)c5ccccc5n6-c5ccccc5)cc4)cc3)c3ccc4sc5ccccc5c4c3)cc2)cc1. The number of fused-ring (bicyclic) bond motifs is 6. The molecule has 0 spiro atoms. The van der Waals surface area contributed by atoms with Crippen LogP contribution in [0.1, 0.15) is 0 Å². The Kier molecular flexibility index (Phi) is 8.04. The number of rotatable bonds is 7. The number of thiophene rings is 1. The Morgan fingerprint density at radius 1 is 0.298 bits per heavy atom. The topological polar surface area (TPSA) is 8.17 Å². The third-order valence-electron chi connectivity index (χ3n) is 11.2. The number of nitrogens with zero attached hydrogens (tertiary/aromatic N) is 2. The highest BCUT2D eigenvalue weighted by Crippen LogP contribution is 2.42. The number of benzene rings is 9. The van der Waals surface area contributed by atoms with Crippen LogP contribution >= 0.6 is 11.3 Å². The minimum atomic E-state index is 1.12. The summed E-state index contributed by atoms with van der Waals surface area (Å²) in [6.45, 7) is 0. The van der Waals surface area contributed by atoms with E-state index < -0.39 is 0 Å². The fourth-order valence-electron chi connectivity index (χ4n) is 8.40. The van der Waals surface area contributed by atoms with Crippen molar-refractivity contribution < 1.29 is 0 Å². The fraction of sp³-hybridized carbons (Fsp3) is 0. The van der Waals surface area contributed by atoms with Gasteiger partial charge in [0.15, 0.2) is 0 Å². The van der Waals surface area contributed by atoms with E-state index in [-0.39, 0.29) is 0 Å². The zero-order chi connectivity index (χ0) is 37.7. The molecule has 11 rings (SSSR count). The highest BCUT2D eigenvalue weighted by Gasteiger charge is 2.17. The molecule has 3 heteroatoms. The van der Waals surface area contributed by atoms with Gasteiger partial charge in [0.25, 0.3) is 0 Å². The second kappa shape index (κ2) is 13.8. The molecule has 2 heterocycles. The molecule has 268 valence electrons. The lowest BCUT2D eigenvalue weighted by Gasteiger charge is -2.26. The first kappa shape index (κ1) is 33.2. The van der Waals surface area contributed by atoms with Crippen molar-refractivity contribution in [3.8, 4) is 39.1 Å². The minimum absolute atomic E-state index is 1.12. The molecule has 11 aromatic rings. The van der Waals surface area contributed by atoms with E-state index in [2.05, 4.69) is 228 Å². The molecule has 0 fully saturated rings. The summed E-state index contributed by atoms with van der Waals surface area (Å²) >= 11 is 1.85. The van der Waals surface area contributed by atoms with Gasteiger partial charge in [-0.25, -0.2) is 0 Å². The second-order valence-electron chi connectivity index (χ2n) is 14.6. The van der Waals surface area contributed by atoms with Crippen molar-refractivity contribution in [2.24, 2.45) is 0 Å². The van der Waals surface area contributed by atoms with Crippen LogP contribution in [0.5, 0.6) is 0 Å². The number of para-hydroxylation sites is 2. The lowest BCUT2D eigenvalue weighted by Crippen LogP contribution is -2.09. The Balaban J connectivity index is 0.934. The second-order valence-corrected chi connectivity index (χ2v) is 15.7. The first-order valence-electron chi connectivity index (χ1n) is 19.4. The summed E-state index contributed by atoms with van der Waals surface area (Å²) in [4.78, 5) is 2.37. The molecule has 0 radical (unpaired) electrons. The van der Waals surface area contributed by atoms with Crippen molar-refractivity contribution in [3.63, 3.8) is 0 Å². The number of hydrogen-bond acceptors (Lipinski definition) is 2. The molecule has 0 saturated carbocycles. The van der Waals surface area contributed by atoms with Crippen LogP contribution in [0.4, 0.5) is 17.1 Å². The van der Waals surface area contributed by atoms with Crippen molar-refractivity contribution in [2.75, 3.05) is 4.90 Å². The van der Waals surface area contributed by atoms with E-state index in [1.807, 2.05) is 11.3 Å². The van der Waals surface area contributed by atoms with Crippen LogP contribution in [-0.4, -0.2) is 4.57 Å². The zero-order valence-corrected chi connectivity index (χ0v) is 31.9. The van der Waals surface area contributed by atoms with Crippen LogP contribution in [0.3, 0.4) is 0 Å². The van der Waals surface area contributed by atoms with Crippen molar-refractivity contribution in [1.82, 2.24) is 4.57 Å². The predicted octanol–water partition coefficient (Wildman–Crippen LogP) is 15.6. The van der Waals surface area contributed by atoms with Gasteiger partial charge >= 0.3 is 0 Å². The number of aromatic nitrogens is 1. The van der Waals surface area contributed by atoms with Crippen LogP contribution in [-0.2, 0) is 0 Å². The maximum atomic E-state index is 2.37. The zero-order valence-electron chi connectivity index (χ0n) is 31.1. The Morgan fingerprint density at radius 3 is 1.46 bits per heavy atom. The molecule has 2 nitrogen and oxygen atoms in total. The summed E-state index contributed by atoms with van der Waals surface area (Å²) in [7, 11) is 0. The lowest BCUT2D eigenvalue weighted by molar-refractivity contribution is 1.18. The largest absolute Gasteiger partial charge is 0.310 e. The van der Waals surface area contributed by atoms with E-state index in [9.17, 15) is 0 Å². The Morgan fingerprint density at radius 2 is 0.772 bits per heavy atom. The van der Waals surface area contributed by atoms with E-state index in [4.69, 9.17) is 0 Å². The maximum absolute atomic E-state index is 2.37. The van der Waals surface area contributed by atoms with Gasteiger partial charge in [-0.15, -0.1) is 11.3 Å². The minimum Gasteiger partial charge on any atom is -0.310 e. The summed E-state index contributed by atoms with van der Waals surface area (Å²) in [5.41, 5.74) is 14.2.